The second kappa shape index (κ2) is 13.2. The lowest BCUT2D eigenvalue weighted by Crippen LogP contribution is -2.53. The fourth-order valence-corrected chi connectivity index (χ4v) is 9.51. The Kier molecular flexibility index (Phi) is 8.86. The van der Waals surface area contributed by atoms with E-state index < -0.39 is 75.4 Å². The normalized spacial score (nSPS) is 26.1. The van der Waals surface area contributed by atoms with Gasteiger partial charge >= 0.3 is 6.18 Å². The van der Waals surface area contributed by atoms with Gasteiger partial charge in [-0.2, -0.15) is 18.2 Å². The van der Waals surface area contributed by atoms with Crippen LogP contribution in [-0.4, -0.2) is 38.7 Å². The van der Waals surface area contributed by atoms with Crippen molar-refractivity contribution < 1.29 is 37.5 Å². The SMILES string of the molecule is C=Cc1ccc(N2C(=O)[C@H]3[C@H](CC=C4[C@H]3C[C@H]3C(=O)N(Nc5ncc(C(F)(F)F)cc5Cl)C(=O)[C@@]3(c3ccc(Cl)cc3)[C@H]4c3ccc(O)cc3Cl)C2=O)cc1. The summed E-state index contributed by atoms with van der Waals surface area (Å²) in [6.45, 7) is 3.76. The summed E-state index contributed by atoms with van der Waals surface area (Å²) in [5.41, 5.74) is 2.16. The van der Waals surface area contributed by atoms with E-state index in [0.717, 1.165) is 10.5 Å². The third-order valence-electron chi connectivity index (χ3n) is 11.2. The van der Waals surface area contributed by atoms with Crippen LogP contribution in [0.25, 0.3) is 6.08 Å². The monoisotopic (exact) mass is 806 g/mol. The highest BCUT2D eigenvalue weighted by Gasteiger charge is 2.70. The molecule has 0 unspecified atom stereocenters. The first-order valence-electron chi connectivity index (χ1n) is 17.1. The van der Waals surface area contributed by atoms with E-state index in [-0.39, 0.29) is 29.4 Å². The van der Waals surface area contributed by atoms with E-state index in [4.69, 9.17) is 34.8 Å². The minimum atomic E-state index is -4.76. The maximum absolute atomic E-state index is 15.3. The number of fused-ring (bicyclic) bond motifs is 4. The molecule has 3 heterocycles. The number of halogens is 6. The third-order valence-corrected chi connectivity index (χ3v) is 12.1. The van der Waals surface area contributed by atoms with Gasteiger partial charge in [0.2, 0.25) is 11.8 Å². The van der Waals surface area contributed by atoms with Gasteiger partial charge in [-0.05, 0) is 77.9 Å². The number of phenolic OH excluding ortho intramolecular Hbond substituents is 1. The maximum Gasteiger partial charge on any atom is 0.417 e. The van der Waals surface area contributed by atoms with Crippen LogP contribution in [0.2, 0.25) is 15.1 Å². The second-order valence-corrected chi connectivity index (χ2v) is 15.2. The summed E-state index contributed by atoms with van der Waals surface area (Å²) in [5.74, 6) is -7.65. The number of aromatic nitrogens is 1. The van der Waals surface area contributed by atoms with E-state index in [1.54, 1.807) is 60.7 Å². The number of pyridine rings is 1. The van der Waals surface area contributed by atoms with Crippen LogP contribution in [-0.2, 0) is 30.8 Å². The lowest BCUT2D eigenvalue weighted by Gasteiger charge is -2.50. The molecule has 9 nitrogen and oxygen atoms in total. The van der Waals surface area contributed by atoms with Gasteiger partial charge in [0, 0.05) is 22.2 Å². The van der Waals surface area contributed by atoms with Gasteiger partial charge in [0.1, 0.15) is 5.75 Å². The molecule has 4 amide bonds. The number of imide groups is 2. The highest BCUT2D eigenvalue weighted by Crippen LogP contribution is 2.65. The van der Waals surface area contributed by atoms with Crippen molar-refractivity contribution in [3.63, 3.8) is 0 Å². The summed E-state index contributed by atoms with van der Waals surface area (Å²) in [6, 6.07) is 18.0. The molecule has 2 N–H and O–H groups in total. The number of carbonyl (C=O) groups is 4. The summed E-state index contributed by atoms with van der Waals surface area (Å²) >= 11 is 19.4. The molecular weight excluding hydrogens is 780 g/mol. The van der Waals surface area contributed by atoms with Gasteiger partial charge in [0.05, 0.1) is 39.4 Å². The molecule has 1 saturated carbocycles. The van der Waals surface area contributed by atoms with Crippen molar-refractivity contribution in [1.29, 1.82) is 0 Å². The smallest absolute Gasteiger partial charge is 0.417 e. The summed E-state index contributed by atoms with van der Waals surface area (Å²) in [6.07, 6.45) is -0.683. The van der Waals surface area contributed by atoms with Crippen molar-refractivity contribution in [2.45, 2.75) is 30.4 Å². The number of benzene rings is 3. The molecule has 6 atom stereocenters. The van der Waals surface area contributed by atoms with Crippen molar-refractivity contribution in [2.24, 2.45) is 23.7 Å². The molecule has 2 aliphatic heterocycles. The fourth-order valence-electron chi connectivity index (χ4n) is 8.89. The number of aromatic hydroxyl groups is 1. The molecule has 3 fully saturated rings. The number of rotatable bonds is 6. The number of alkyl halides is 3. The molecule has 8 rings (SSSR count). The largest absolute Gasteiger partial charge is 0.508 e. The third kappa shape index (κ3) is 5.64. The van der Waals surface area contributed by atoms with Crippen LogP contribution in [0.3, 0.4) is 0 Å². The van der Waals surface area contributed by atoms with Crippen molar-refractivity contribution in [2.75, 3.05) is 10.3 Å². The topological polar surface area (TPSA) is 120 Å². The molecular formula is C40H28Cl3F3N4O5. The Morgan fingerprint density at radius 1 is 0.891 bits per heavy atom. The predicted octanol–water partition coefficient (Wildman–Crippen LogP) is 8.60. The number of amides is 4. The average molecular weight is 808 g/mol. The minimum absolute atomic E-state index is 0.0673. The van der Waals surface area contributed by atoms with Crippen LogP contribution >= 0.6 is 34.8 Å². The van der Waals surface area contributed by atoms with Crippen molar-refractivity contribution in [1.82, 2.24) is 9.99 Å². The molecule has 2 aliphatic carbocycles. The Hall–Kier alpha value is -5.17. The van der Waals surface area contributed by atoms with Crippen LogP contribution in [0, 0.1) is 23.7 Å². The number of hydrogen-bond acceptors (Lipinski definition) is 7. The molecule has 15 heteroatoms. The average Bonchev–Trinajstić information content (AvgIpc) is 3.53. The number of allylic oxidation sites excluding steroid dienone is 2. The van der Waals surface area contributed by atoms with Crippen LogP contribution < -0.4 is 10.3 Å². The molecule has 2 saturated heterocycles. The number of hydrazine groups is 1. The first kappa shape index (κ1) is 36.8. The van der Waals surface area contributed by atoms with E-state index in [1.807, 2.05) is 6.08 Å². The number of hydrogen-bond donors (Lipinski definition) is 2. The summed E-state index contributed by atoms with van der Waals surface area (Å²) < 4.78 is 40.4. The summed E-state index contributed by atoms with van der Waals surface area (Å²) in [5, 5.41) is 11.0. The molecule has 1 aromatic heterocycles. The van der Waals surface area contributed by atoms with E-state index in [1.165, 1.54) is 12.1 Å². The van der Waals surface area contributed by atoms with Crippen LogP contribution in [0.4, 0.5) is 24.7 Å². The zero-order chi connectivity index (χ0) is 39.1. The Balaban J connectivity index is 1.30. The molecule has 3 aromatic carbocycles. The fraction of sp³-hybridized carbons (Fsp3) is 0.225. The molecule has 280 valence electrons. The maximum atomic E-state index is 15.3. The molecule has 0 spiro atoms. The van der Waals surface area contributed by atoms with Gasteiger partial charge in [-0.3, -0.25) is 29.5 Å². The lowest BCUT2D eigenvalue weighted by molar-refractivity contribution is -0.139. The van der Waals surface area contributed by atoms with Crippen molar-refractivity contribution in [3.05, 3.63) is 135 Å². The van der Waals surface area contributed by atoms with E-state index in [0.29, 0.717) is 44.7 Å². The van der Waals surface area contributed by atoms with Crippen LogP contribution in [0.1, 0.15) is 41.0 Å². The molecule has 0 bridgehead atoms. The first-order valence-corrected chi connectivity index (χ1v) is 18.2. The first-order chi connectivity index (χ1) is 26.2. The second-order valence-electron chi connectivity index (χ2n) is 13.9. The van der Waals surface area contributed by atoms with E-state index in [2.05, 4.69) is 17.0 Å². The van der Waals surface area contributed by atoms with Gasteiger partial charge in [-0.25, -0.2) is 4.98 Å². The van der Waals surface area contributed by atoms with Gasteiger partial charge in [0.25, 0.3) is 11.8 Å². The number of nitrogens with one attached hydrogen (secondary N) is 1. The molecule has 0 radical (unpaired) electrons. The lowest BCUT2D eigenvalue weighted by atomic mass is 9.49. The Morgan fingerprint density at radius 3 is 2.24 bits per heavy atom. The summed E-state index contributed by atoms with van der Waals surface area (Å²) in [4.78, 5) is 63.6. The molecule has 4 aromatic rings. The van der Waals surface area contributed by atoms with Gasteiger partial charge < -0.3 is 5.11 Å². The number of nitrogens with zero attached hydrogens (tertiary/aromatic N) is 3. The highest BCUT2D eigenvalue weighted by atomic mass is 35.5. The van der Waals surface area contributed by atoms with E-state index in [9.17, 15) is 32.7 Å². The van der Waals surface area contributed by atoms with Crippen LogP contribution in [0.15, 0.2) is 97.2 Å². The summed E-state index contributed by atoms with van der Waals surface area (Å²) in [7, 11) is 0. The standard InChI is InChI=1S/C40H28Cl3F3N4O5/c1-2-19-3-9-23(10-4-19)49-35(52)27-14-13-25-28(32(27)37(49)54)17-29-36(53)50(48-34-31(43)15-21(18-47-34)40(44,45)46)38(55)39(29,20-5-7-22(41)8-6-20)33(25)26-12-11-24(51)16-30(26)42/h2-13,15-16,18,27-29,32-33,51H,1,14,17H2,(H,47,48)/t27-,28+,29-,32-,33+,39+/m0/s1. The number of phenols is 1. The van der Waals surface area contributed by atoms with E-state index >= 15 is 4.79 Å². The Morgan fingerprint density at radius 2 is 1.60 bits per heavy atom. The predicted molar refractivity (Wildman–Crippen MR) is 199 cm³/mol. The highest BCUT2D eigenvalue weighted by molar-refractivity contribution is 6.33. The quantitative estimate of drug-likeness (QED) is 0.148. The van der Waals surface area contributed by atoms with Crippen LogP contribution in [0.5, 0.6) is 5.75 Å². The van der Waals surface area contributed by atoms with Crippen molar-refractivity contribution in [3.8, 4) is 5.75 Å². The van der Waals surface area contributed by atoms with Gasteiger partial charge in [0.15, 0.2) is 5.82 Å². The number of anilines is 2. The molecule has 55 heavy (non-hydrogen) atoms. The number of carbonyl (C=O) groups excluding carboxylic acids is 4. The Bertz CT molecular complexity index is 2350. The molecule has 4 aliphatic rings. The zero-order valence-electron chi connectivity index (χ0n) is 28.4. The Labute approximate surface area is 327 Å². The van der Waals surface area contributed by atoms with Gasteiger partial charge in [-0.1, -0.05) is 89.4 Å². The van der Waals surface area contributed by atoms with Crippen molar-refractivity contribution >= 4 is 76.0 Å². The zero-order valence-corrected chi connectivity index (χ0v) is 30.6. The minimum Gasteiger partial charge on any atom is -0.508 e. The van der Waals surface area contributed by atoms with Gasteiger partial charge in [-0.15, -0.1) is 0 Å².